The summed E-state index contributed by atoms with van der Waals surface area (Å²) in [5.41, 5.74) is 1.04. The number of nitrogens with zero attached hydrogens (tertiary/aromatic N) is 1. The maximum absolute atomic E-state index is 14.2. The summed E-state index contributed by atoms with van der Waals surface area (Å²) in [7, 11) is 0. The maximum atomic E-state index is 14.2. The maximum Gasteiger partial charge on any atom is 0.255 e. The van der Waals surface area contributed by atoms with E-state index in [-0.39, 0.29) is 17.3 Å². The molecule has 0 unspecified atom stereocenters. The van der Waals surface area contributed by atoms with Crippen molar-refractivity contribution in [2.75, 3.05) is 19.6 Å². The number of nitrogens with one attached hydrogen (secondary N) is 1. The molecule has 2 heterocycles. The molecule has 0 aliphatic carbocycles. The fourth-order valence-electron chi connectivity index (χ4n) is 3.04. The van der Waals surface area contributed by atoms with Crippen LogP contribution in [0.5, 0.6) is 0 Å². The minimum Gasteiger partial charge on any atom is -0.385 e. The summed E-state index contributed by atoms with van der Waals surface area (Å²) in [5.74, 6) is -0.351. The zero-order chi connectivity index (χ0) is 19.8. The molecule has 146 valence electrons. The molecule has 1 fully saturated rings. The van der Waals surface area contributed by atoms with Crippen LogP contribution in [-0.2, 0) is 6.42 Å². The molecule has 27 heavy (non-hydrogen) atoms. The monoisotopic (exact) mass is 502 g/mol. The number of aliphatic hydroxyl groups is 1. The van der Waals surface area contributed by atoms with Crippen molar-refractivity contribution >= 4 is 39.8 Å². The average molecular weight is 502 g/mol. The number of hydrogen-bond donors (Lipinski definition) is 2. The second-order valence-electron chi connectivity index (χ2n) is 8.21. The van der Waals surface area contributed by atoms with Crippen molar-refractivity contribution in [1.82, 2.24) is 10.2 Å². The molecular weight excluding hydrogens is 478 g/mol. The van der Waals surface area contributed by atoms with Gasteiger partial charge >= 0.3 is 0 Å². The standard InChI is InChI=1S/C20H24FIN2O2S/c1-19(2,3)23-10-20(26)11-24(12-20)18(25)16-9-27-8-14(16)6-13-4-5-15(22)7-17(13)21/h4-5,7-9,23,26H,6,10-12H2,1-3H3. The van der Waals surface area contributed by atoms with E-state index in [9.17, 15) is 14.3 Å². The van der Waals surface area contributed by atoms with Crippen LogP contribution in [0.15, 0.2) is 29.0 Å². The molecule has 3 rings (SSSR count). The third kappa shape index (κ3) is 5.07. The lowest BCUT2D eigenvalue weighted by Crippen LogP contribution is -2.68. The molecule has 7 heteroatoms. The number of carbonyl (C=O) groups is 1. The van der Waals surface area contributed by atoms with E-state index in [4.69, 9.17) is 0 Å². The summed E-state index contributed by atoms with van der Waals surface area (Å²) >= 11 is 3.52. The van der Waals surface area contributed by atoms with Gasteiger partial charge in [-0.05, 0) is 72.0 Å². The lowest BCUT2D eigenvalue weighted by molar-refractivity contribution is -0.0812. The van der Waals surface area contributed by atoms with Crippen LogP contribution in [0.1, 0.15) is 42.3 Å². The molecule has 1 amide bonds. The highest BCUT2D eigenvalue weighted by Gasteiger charge is 2.44. The Bertz CT molecular complexity index is 841. The van der Waals surface area contributed by atoms with Crippen LogP contribution in [0.3, 0.4) is 0 Å². The molecule has 0 spiro atoms. The van der Waals surface area contributed by atoms with Crippen molar-refractivity contribution in [2.24, 2.45) is 0 Å². The quantitative estimate of drug-likeness (QED) is 0.614. The lowest BCUT2D eigenvalue weighted by Gasteiger charge is -2.47. The van der Waals surface area contributed by atoms with Crippen LogP contribution >= 0.6 is 33.9 Å². The lowest BCUT2D eigenvalue weighted by atomic mass is 9.91. The largest absolute Gasteiger partial charge is 0.385 e. The molecule has 0 atom stereocenters. The molecule has 0 saturated carbocycles. The minimum absolute atomic E-state index is 0.0851. The second-order valence-corrected chi connectivity index (χ2v) is 10.2. The Morgan fingerprint density at radius 2 is 2.04 bits per heavy atom. The molecule has 1 aliphatic rings. The molecule has 1 aliphatic heterocycles. The van der Waals surface area contributed by atoms with Crippen LogP contribution in [0, 0.1) is 9.39 Å². The summed E-state index contributed by atoms with van der Waals surface area (Å²) in [6.07, 6.45) is 0.386. The second kappa shape index (κ2) is 7.77. The van der Waals surface area contributed by atoms with Gasteiger partial charge in [-0.1, -0.05) is 6.07 Å². The van der Waals surface area contributed by atoms with Gasteiger partial charge in [0, 0.05) is 27.5 Å². The predicted octanol–water partition coefficient (Wildman–Crippen LogP) is 3.66. The number of carbonyl (C=O) groups excluding carboxylic acids is 1. The minimum atomic E-state index is -0.888. The summed E-state index contributed by atoms with van der Waals surface area (Å²) in [4.78, 5) is 14.5. The van der Waals surface area contributed by atoms with E-state index in [0.29, 0.717) is 37.2 Å². The van der Waals surface area contributed by atoms with E-state index in [1.165, 1.54) is 17.4 Å². The highest BCUT2D eigenvalue weighted by atomic mass is 127. The Labute approximate surface area is 176 Å². The van der Waals surface area contributed by atoms with Crippen LogP contribution < -0.4 is 5.32 Å². The predicted molar refractivity (Wildman–Crippen MR) is 115 cm³/mol. The molecule has 1 aromatic heterocycles. The van der Waals surface area contributed by atoms with Gasteiger partial charge in [-0.2, -0.15) is 11.3 Å². The molecule has 1 saturated heterocycles. The summed E-state index contributed by atoms with van der Waals surface area (Å²) in [6.45, 7) is 7.19. The summed E-state index contributed by atoms with van der Waals surface area (Å²) in [5, 5.41) is 17.6. The van der Waals surface area contributed by atoms with E-state index in [2.05, 4.69) is 27.9 Å². The number of rotatable bonds is 5. The number of likely N-dealkylation sites (tertiary alicyclic amines) is 1. The van der Waals surface area contributed by atoms with Gasteiger partial charge in [-0.3, -0.25) is 4.79 Å². The fraction of sp³-hybridized carbons (Fsp3) is 0.450. The van der Waals surface area contributed by atoms with E-state index in [0.717, 1.165) is 9.13 Å². The molecule has 2 N–H and O–H groups in total. The van der Waals surface area contributed by atoms with Crippen molar-refractivity contribution in [3.8, 4) is 0 Å². The Morgan fingerprint density at radius 1 is 1.33 bits per heavy atom. The number of halogens is 2. The van der Waals surface area contributed by atoms with E-state index in [1.807, 2.05) is 37.6 Å². The van der Waals surface area contributed by atoms with Gasteiger partial charge in [0.15, 0.2) is 0 Å². The summed E-state index contributed by atoms with van der Waals surface area (Å²) < 4.78 is 15.0. The van der Waals surface area contributed by atoms with Crippen molar-refractivity contribution < 1.29 is 14.3 Å². The van der Waals surface area contributed by atoms with Gasteiger partial charge in [-0.25, -0.2) is 4.39 Å². The first-order valence-electron chi connectivity index (χ1n) is 8.82. The van der Waals surface area contributed by atoms with Gasteiger partial charge < -0.3 is 15.3 Å². The summed E-state index contributed by atoms with van der Waals surface area (Å²) in [6, 6.07) is 5.13. The van der Waals surface area contributed by atoms with Crippen LogP contribution in [0.2, 0.25) is 0 Å². The number of amides is 1. The number of thiophene rings is 1. The third-order valence-electron chi connectivity index (χ3n) is 4.57. The normalized spacial score (nSPS) is 16.3. The van der Waals surface area contributed by atoms with Gasteiger partial charge in [0.05, 0.1) is 18.7 Å². The number of benzene rings is 1. The molecular formula is C20H24FIN2O2S. The van der Waals surface area contributed by atoms with Crippen LogP contribution in [-0.4, -0.2) is 46.7 Å². The van der Waals surface area contributed by atoms with Crippen LogP contribution in [0.25, 0.3) is 0 Å². The average Bonchev–Trinajstić information content (AvgIpc) is 3.00. The molecule has 4 nitrogen and oxygen atoms in total. The van der Waals surface area contributed by atoms with Gasteiger partial charge in [0.1, 0.15) is 11.4 Å². The first-order valence-corrected chi connectivity index (χ1v) is 10.8. The van der Waals surface area contributed by atoms with Crippen molar-refractivity contribution in [3.63, 3.8) is 0 Å². The fourth-order valence-corrected chi connectivity index (χ4v) is 4.32. The molecule has 1 aromatic carbocycles. The van der Waals surface area contributed by atoms with Crippen molar-refractivity contribution in [1.29, 1.82) is 0 Å². The van der Waals surface area contributed by atoms with Gasteiger partial charge in [0.25, 0.3) is 5.91 Å². The Hall–Kier alpha value is -1.03. The Kier molecular flexibility index (Phi) is 5.96. The zero-order valence-corrected chi connectivity index (χ0v) is 18.7. The van der Waals surface area contributed by atoms with E-state index >= 15 is 0 Å². The zero-order valence-electron chi connectivity index (χ0n) is 15.7. The van der Waals surface area contributed by atoms with Crippen molar-refractivity contribution in [2.45, 2.75) is 38.3 Å². The first kappa shape index (κ1) is 20.7. The van der Waals surface area contributed by atoms with E-state index < -0.39 is 5.60 Å². The smallest absolute Gasteiger partial charge is 0.255 e. The van der Waals surface area contributed by atoms with Gasteiger partial charge in [0.2, 0.25) is 0 Å². The molecule has 2 aromatic rings. The third-order valence-corrected chi connectivity index (χ3v) is 6.04. The number of β-amino-alcohol motifs (C(OH)–C–C–N with tert-alkyl or cyclic N) is 1. The van der Waals surface area contributed by atoms with Crippen LogP contribution in [0.4, 0.5) is 4.39 Å². The highest BCUT2D eigenvalue weighted by molar-refractivity contribution is 14.1. The number of hydrogen-bond acceptors (Lipinski definition) is 4. The molecule has 0 bridgehead atoms. The Morgan fingerprint density at radius 3 is 2.67 bits per heavy atom. The van der Waals surface area contributed by atoms with Crippen molar-refractivity contribution in [3.05, 3.63) is 55.0 Å². The first-order chi connectivity index (χ1) is 12.6. The topological polar surface area (TPSA) is 52.6 Å². The Balaban J connectivity index is 1.65. The molecule has 0 radical (unpaired) electrons. The van der Waals surface area contributed by atoms with Gasteiger partial charge in [-0.15, -0.1) is 0 Å². The van der Waals surface area contributed by atoms with E-state index in [1.54, 1.807) is 11.0 Å². The SMILES string of the molecule is CC(C)(C)NCC1(O)CN(C(=O)c2cscc2Cc2ccc(I)cc2F)C1. The highest BCUT2D eigenvalue weighted by Crippen LogP contribution is 2.27.